The average Bonchev–Trinajstić information content (AvgIpc) is 2.22. The molecule has 6 nitrogen and oxygen atoms in total. The number of ether oxygens (including phenoxy) is 1. The number of nitrogens with one attached hydrogen (secondary N) is 1. The smallest absolute Gasteiger partial charge is 0.316 e. The molecule has 0 aliphatic carbocycles. The van der Waals surface area contributed by atoms with E-state index in [0.717, 1.165) is 18.2 Å². The van der Waals surface area contributed by atoms with Crippen molar-refractivity contribution in [2.24, 2.45) is 0 Å². The number of rotatable bonds is 5. The van der Waals surface area contributed by atoms with E-state index in [1.807, 2.05) is 6.92 Å². The Labute approximate surface area is 96.6 Å². The molecule has 0 bridgehead atoms. The zero-order valence-corrected chi connectivity index (χ0v) is 9.67. The van der Waals surface area contributed by atoms with E-state index in [9.17, 15) is 9.59 Å². The molecule has 0 saturated carbocycles. The lowest BCUT2D eigenvalue weighted by molar-refractivity contribution is -0.140. The summed E-state index contributed by atoms with van der Waals surface area (Å²) in [6.45, 7) is 2.32. The Morgan fingerprint density at radius 2 is 2.44 bits per heavy atom. The van der Waals surface area contributed by atoms with Crippen LogP contribution in [0.5, 0.6) is 0 Å². The summed E-state index contributed by atoms with van der Waals surface area (Å²) < 4.78 is 4.86. The summed E-state index contributed by atoms with van der Waals surface area (Å²) in [4.78, 5) is 28.5. The Bertz CT molecular complexity index is 419. The van der Waals surface area contributed by atoms with Gasteiger partial charge in [-0.3, -0.25) is 9.59 Å². The standard InChI is InChI=1S/C9H13N3O3S/c1-2-3-15-8(14)5-16-9-11-6(10)4-7(13)12-9/h4H,2-3,5H2,1H3,(H3,10,11,12,13). The summed E-state index contributed by atoms with van der Waals surface area (Å²) in [5.74, 6) is -0.100. The number of hydrogen-bond acceptors (Lipinski definition) is 6. The number of nitrogen functional groups attached to an aromatic ring is 1. The Kier molecular flexibility index (Phi) is 4.84. The predicted octanol–water partition coefficient (Wildman–Crippen LogP) is 0.397. The van der Waals surface area contributed by atoms with Gasteiger partial charge in [0.15, 0.2) is 5.16 Å². The Hall–Kier alpha value is -1.50. The van der Waals surface area contributed by atoms with Crippen LogP contribution in [0.25, 0.3) is 0 Å². The Balaban J connectivity index is 2.48. The van der Waals surface area contributed by atoms with Crippen LogP contribution >= 0.6 is 11.8 Å². The second-order valence-electron chi connectivity index (χ2n) is 2.98. The van der Waals surface area contributed by atoms with Crippen molar-refractivity contribution in [2.75, 3.05) is 18.1 Å². The minimum Gasteiger partial charge on any atom is -0.465 e. The van der Waals surface area contributed by atoms with E-state index < -0.39 is 0 Å². The molecule has 0 aromatic carbocycles. The first kappa shape index (κ1) is 12.6. The van der Waals surface area contributed by atoms with Crippen LogP contribution < -0.4 is 11.3 Å². The number of aromatic nitrogens is 2. The van der Waals surface area contributed by atoms with Crippen LogP contribution in [0.3, 0.4) is 0 Å². The highest BCUT2D eigenvalue weighted by Crippen LogP contribution is 2.11. The van der Waals surface area contributed by atoms with E-state index >= 15 is 0 Å². The van der Waals surface area contributed by atoms with E-state index in [2.05, 4.69) is 9.97 Å². The maximum absolute atomic E-state index is 11.2. The fraction of sp³-hybridized carbons (Fsp3) is 0.444. The fourth-order valence-corrected chi connectivity index (χ4v) is 1.59. The van der Waals surface area contributed by atoms with E-state index in [-0.39, 0.29) is 23.1 Å². The van der Waals surface area contributed by atoms with Gasteiger partial charge in [0.2, 0.25) is 0 Å². The molecule has 88 valence electrons. The van der Waals surface area contributed by atoms with Crippen LogP contribution in [0.4, 0.5) is 5.82 Å². The number of hydrogen-bond donors (Lipinski definition) is 2. The molecule has 16 heavy (non-hydrogen) atoms. The predicted molar refractivity (Wildman–Crippen MR) is 61.2 cm³/mol. The van der Waals surface area contributed by atoms with Gasteiger partial charge in [-0.25, -0.2) is 4.98 Å². The van der Waals surface area contributed by atoms with E-state index in [1.54, 1.807) is 0 Å². The summed E-state index contributed by atoms with van der Waals surface area (Å²) in [5, 5.41) is 0.318. The SMILES string of the molecule is CCCOC(=O)CSc1nc(N)cc(=O)[nH]1. The van der Waals surface area contributed by atoms with Gasteiger partial charge < -0.3 is 15.5 Å². The summed E-state index contributed by atoms with van der Waals surface area (Å²) in [6, 6.07) is 1.18. The summed E-state index contributed by atoms with van der Waals surface area (Å²) in [5.41, 5.74) is 5.05. The molecule has 0 radical (unpaired) electrons. The van der Waals surface area contributed by atoms with Crippen LogP contribution in [-0.4, -0.2) is 28.3 Å². The number of thioether (sulfide) groups is 1. The minimum atomic E-state index is -0.336. The fourth-order valence-electron chi connectivity index (χ4n) is 0.906. The summed E-state index contributed by atoms with van der Waals surface area (Å²) >= 11 is 1.09. The van der Waals surface area contributed by atoms with Crippen molar-refractivity contribution >= 4 is 23.5 Å². The topological polar surface area (TPSA) is 98.1 Å². The van der Waals surface area contributed by atoms with E-state index in [4.69, 9.17) is 10.5 Å². The molecule has 0 fully saturated rings. The molecular formula is C9H13N3O3S. The quantitative estimate of drug-likeness (QED) is 0.441. The largest absolute Gasteiger partial charge is 0.465 e. The highest BCUT2D eigenvalue weighted by atomic mass is 32.2. The highest BCUT2D eigenvalue weighted by molar-refractivity contribution is 7.99. The van der Waals surface area contributed by atoms with E-state index in [0.29, 0.717) is 11.8 Å². The monoisotopic (exact) mass is 243 g/mol. The van der Waals surface area contributed by atoms with Gasteiger partial charge in [-0.1, -0.05) is 18.7 Å². The third-order valence-corrected chi connectivity index (χ3v) is 2.38. The first-order valence-electron chi connectivity index (χ1n) is 4.77. The van der Waals surface area contributed by atoms with Gasteiger partial charge in [-0.15, -0.1) is 0 Å². The first-order valence-corrected chi connectivity index (χ1v) is 5.75. The lowest BCUT2D eigenvalue weighted by atomic mass is 10.5. The molecule has 0 aliphatic rings. The second kappa shape index (κ2) is 6.16. The van der Waals surface area contributed by atoms with Crippen molar-refractivity contribution in [2.45, 2.75) is 18.5 Å². The van der Waals surface area contributed by atoms with Crippen LogP contribution in [0.2, 0.25) is 0 Å². The van der Waals surface area contributed by atoms with Crippen LogP contribution in [0.15, 0.2) is 16.0 Å². The molecule has 1 rings (SSSR count). The van der Waals surface area contributed by atoms with Crippen molar-refractivity contribution in [3.8, 4) is 0 Å². The number of aromatic amines is 1. The Morgan fingerprint density at radius 1 is 1.69 bits per heavy atom. The number of carbonyl (C=O) groups is 1. The third-order valence-electron chi connectivity index (χ3n) is 1.53. The zero-order valence-electron chi connectivity index (χ0n) is 8.86. The maximum Gasteiger partial charge on any atom is 0.316 e. The van der Waals surface area contributed by atoms with Crippen molar-refractivity contribution in [1.82, 2.24) is 9.97 Å². The number of esters is 1. The first-order chi connectivity index (χ1) is 7.61. The van der Waals surface area contributed by atoms with Gasteiger partial charge in [0, 0.05) is 6.07 Å². The highest BCUT2D eigenvalue weighted by Gasteiger charge is 2.05. The molecule has 0 spiro atoms. The van der Waals surface area contributed by atoms with Crippen molar-refractivity contribution in [3.05, 3.63) is 16.4 Å². The molecule has 1 heterocycles. The van der Waals surface area contributed by atoms with Gasteiger partial charge in [0.05, 0.1) is 12.4 Å². The Morgan fingerprint density at radius 3 is 3.06 bits per heavy atom. The molecule has 1 aromatic rings. The van der Waals surface area contributed by atoms with Crippen molar-refractivity contribution < 1.29 is 9.53 Å². The molecule has 3 N–H and O–H groups in total. The number of anilines is 1. The third kappa shape index (κ3) is 4.35. The number of H-pyrrole nitrogens is 1. The lowest BCUT2D eigenvalue weighted by Gasteiger charge is -2.02. The molecule has 7 heteroatoms. The van der Waals surface area contributed by atoms with Gasteiger partial charge in [0.1, 0.15) is 5.82 Å². The molecular weight excluding hydrogens is 230 g/mol. The van der Waals surface area contributed by atoms with Gasteiger partial charge in [-0.05, 0) is 6.42 Å². The van der Waals surface area contributed by atoms with Crippen LogP contribution in [0.1, 0.15) is 13.3 Å². The van der Waals surface area contributed by atoms with Crippen LogP contribution in [0, 0.1) is 0 Å². The number of nitrogens with two attached hydrogens (primary N) is 1. The molecule has 1 aromatic heterocycles. The van der Waals surface area contributed by atoms with Gasteiger partial charge >= 0.3 is 5.97 Å². The normalized spacial score (nSPS) is 10.1. The zero-order chi connectivity index (χ0) is 12.0. The van der Waals surface area contributed by atoms with Crippen LogP contribution in [-0.2, 0) is 9.53 Å². The van der Waals surface area contributed by atoms with E-state index in [1.165, 1.54) is 6.07 Å². The lowest BCUT2D eigenvalue weighted by Crippen LogP contribution is -2.12. The molecule has 0 aliphatic heterocycles. The number of carbonyl (C=O) groups excluding carboxylic acids is 1. The summed E-state index contributed by atoms with van der Waals surface area (Å²) in [7, 11) is 0. The minimum absolute atomic E-state index is 0.104. The average molecular weight is 243 g/mol. The molecule has 0 saturated heterocycles. The second-order valence-corrected chi connectivity index (χ2v) is 3.95. The maximum atomic E-state index is 11.2. The van der Waals surface area contributed by atoms with Gasteiger partial charge in [-0.2, -0.15) is 0 Å². The van der Waals surface area contributed by atoms with Crippen molar-refractivity contribution in [3.63, 3.8) is 0 Å². The van der Waals surface area contributed by atoms with Gasteiger partial charge in [0.25, 0.3) is 5.56 Å². The molecule has 0 unspecified atom stereocenters. The molecule has 0 amide bonds. The molecule has 0 atom stereocenters. The number of nitrogens with zero attached hydrogens (tertiary/aromatic N) is 1. The van der Waals surface area contributed by atoms with Crippen molar-refractivity contribution in [1.29, 1.82) is 0 Å². The summed E-state index contributed by atoms with van der Waals surface area (Å²) in [6.07, 6.45) is 0.782.